The summed E-state index contributed by atoms with van der Waals surface area (Å²) in [5.74, 6) is 0.707. The van der Waals surface area contributed by atoms with Gasteiger partial charge in [0.2, 0.25) is 5.91 Å². The fourth-order valence-electron chi connectivity index (χ4n) is 3.02. The maximum atomic E-state index is 12.3. The number of hydrogen-bond acceptors (Lipinski definition) is 2. The van der Waals surface area contributed by atoms with Gasteiger partial charge in [-0.2, -0.15) is 0 Å². The van der Waals surface area contributed by atoms with Gasteiger partial charge in [-0.1, -0.05) is 32.0 Å². The number of para-hydroxylation sites is 1. The third kappa shape index (κ3) is 3.17. The molecule has 0 spiro atoms. The molecule has 1 aliphatic rings. The largest absolute Gasteiger partial charge is 0.381 e. The van der Waals surface area contributed by atoms with Crippen LogP contribution in [0, 0.1) is 5.92 Å². The van der Waals surface area contributed by atoms with Gasteiger partial charge in [-0.3, -0.25) is 4.79 Å². The number of aromatic nitrogens is 1. The summed E-state index contributed by atoms with van der Waals surface area (Å²) >= 11 is 0. The van der Waals surface area contributed by atoms with Crippen molar-refractivity contribution in [2.24, 2.45) is 5.92 Å². The number of benzene rings is 1. The molecule has 1 aromatic heterocycles. The smallest absolute Gasteiger partial charge is 0.225 e. The van der Waals surface area contributed by atoms with Crippen molar-refractivity contribution in [2.75, 3.05) is 19.8 Å². The summed E-state index contributed by atoms with van der Waals surface area (Å²) < 4.78 is 5.53. The summed E-state index contributed by atoms with van der Waals surface area (Å²) in [5, 5.41) is 1.24. The van der Waals surface area contributed by atoms with Gasteiger partial charge in [0.15, 0.2) is 0 Å². The number of ether oxygens (including phenoxy) is 1. The Bertz CT molecular complexity index is 660. The summed E-state index contributed by atoms with van der Waals surface area (Å²) in [5.41, 5.74) is 3.72. The van der Waals surface area contributed by atoms with E-state index in [1.54, 1.807) is 0 Å². The molecule has 4 nitrogen and oxygen atoms in total. The lowest BCUT2D eigenvalue weighted by molar-refractivity contribution is -0.133. The first-order valence-corrected chi connectivity index (χ1v) is 8.09. The minimum atomic E-state index is 0.194. The highest BCUT2D eigenvalue weighted by molar-refractivity contribution is 5.86. The van der Waals surface area contributed by atoms with Gasteiger partial charge in [0, 0.05) is 48.3 Å². The molecule has 0 radical (unpaired) electrons. The SMILES string of the molecule is CC(C)COCCC(=O)N1CCc2[nH]c3ccccc3c2C1. The van der Waals surface area contributed by atoms with E-state index in [0.29, 0.717) is 25.5 Å². The number of fused-ring (bicyclic) bond motifs is 3. The van der Waals surface area contributed by atoms with E-state index in [0.717, 1.165) is 19.6 Å². The number of nitrogens with one attached hydrogen (secondary N) is 1. The van der Waals surface area contributed by atoms with Crippen molar-refractivity contribution < 1.29 is 9.53 Å². The van der Waals surface area contributed by atoms with E-state index >= 15 is 0 Å². The molecular formula is C18H24N2O2. The maximum absolute atomic E-state index is 12.3. The molecule has 1 aromatic carbocycles. The normalized spacial score (nSPS) is 14.6. The number of nitrogens with zero attached hydrogens (tertiary/aromatic N) is 1. The number of carbonyl (C=O) groups is 1. The molecule has 2 heterocycles. The van der Waals surface area contributed by atoms with Crippen LogP contribution in [0.25, 0.3) is 10.9 Å². The van der Waals surface area contributed by atoms with E-state index < -0.39 is 0 Å². The summed E-state index contributed by atoms with van der Waals surface area (Å²) in [6.07, 6.45) is 1.38. The Morgan fingerprint density at radius 1 is 1.36 bits per heavy atom. The van der Waals surface area contributed by atoms with E-state index in [-0.39, 0.29) is 5.91 Å². The molecule has 22 heavy (non-hydrogen) atoms. The minimum Gasteiger partial charge on any atom is -0.381 e. The van der Waals surface area contributed by atoms with Gasteiger partial charge >= 0.3 is 0 Å². The second-order valence-electron chi connectivity index (χ2n) is 6.41. The molecule has 0 bridgehead atoms. The van der Waals surface area contributed by atoms with E-state index in [4.69, 9.17) is 4.74 Å². The van der Waals surface area contributed by atoms with Gasteiger partial charge < -0.3 is 14.6 Å². The Morgan fingerprint density at radius 3 is 3.00 bits per heavy atom. The maximum Gasteiger partial charge on any atom is 0.225 e. The predicted molar refractivity (Wildman–Crippen MR) is 87.7 cm³/mol. The molecule has 1 aliphatic heterocycles. The van der Waals surface area contributed by atoms with Crippen LogP contribution in [0.4, 0.5) is 0 Å². The summed E-state index contributed by atoms with van der Waals surface area (Å²) in [4.78, 5) is 17.8. The first-order chi connectivity index (χ1) is 10.6. The second kappa shape index (κ2) is 6.53. The number of hydrogen-bond donors (Lipinski definition) is 1. The zero-order chi connectivity index (χ0) is 15.5. The third-order valence-electron chi connectivity index (χ3n) is 4.15. The Morgan fingerprint density at radius 2 is 2.18 bits per heavy atom. The number of amides is 1. The monoisotopic (exact) mass is 300 g/mol. The average Bonchev–Trinajstić information content (AvgIpc) is 2.89. The molecule has 3 rings (SSSR count). The fourth-order valence-corrected chi connectivity index (χ4v) is 3.02. The zero-order valence-corrected chi connectivity index (χ0v) is 13.4. The molecule has 2 aromatic rings. The highest BCUT2D eigenvalue weighted by Crippen LogP contribution is 2.27. The Balaban J connectivity index is 1.62. The Hall–Kier alpha value is -1.81. The van der Waals surface area contributed by atoms with Crippen LogP contribution in [0.15, 0.2) is 24.3 Å². The molecule has 0 fully saturated rings. The van der Waals surface area contributed by atoms with Crippen molar-refractivity contribution in [1.29, 1.82) is 0 Å². The van der Waals surface area contributed by atoms with Crippen LogP contribution in [-0.2, 0) is 22.5 Å². The van der Waals surface area contributed by atoms with Gasteiger partial charge in [0.05, 0.1) is 13.0 Å². The first kappa shape index (κ1) is 15.1. The number of aromatic amines is 1. The van der Waals surface area contributed by atoms with Crippen LogP contribution in [-0.4, -0.2) is 35.5 Å². The second-order valence-corrected chi connectivity index (χ2v) is 6.41. The molecule has 0 atom stereocenters. The standard InChI is InChI=1S/C18H24N2O2/c1-13(2)12-22-10-8-18(21)20-9-7-17-15(11-20)14-5-3-4-6-16(14)19-17/h3-6,13,19H,7-12H2,1-2H3. The lowest BCUT2D eigenvalue weighted by Gasteiger charge is -2.27. The predicted octanol–water partition coefficient (Wildman–Crippen LogP) is 3.12. The number of rotatable bonds is 5. The quantitative estimate of drug-likeness (QED) is 0.862. The van der Waals surface area contributed by atoms with Crippen LogP contribution < -0.4 is 0 Å². The van der Waals surface area contributed by atoms with Crippen LogP contribution in [0.5, 0.6) is 0 Å². The van der Waals surface area contributed by atoms with Crippen molar-refractivity contribution in [1.82, 2.24) is 9.88 Å². The highest BCUT2D eigenvalue weighted by Gasteiger charge is 2.23. The molecule has 0 aliphatic carbocycles. The van der Waals surface area contributed by atoms with Crippen molar-refractivity contribution >= 4 is 16.8 Å². The molecule has 1 amide bonds. The van der Waals surface area contributed by atoms with Gasteiger partial charge in [-0.25, -0.2) is 0 Å². The fraction of sp³-hybridized carbons (Fsp3) is 0.500. The van der Waals surface area contributed by atoms with Crippen molar-refractivity contribution in [3.8, 4) is 0 Å². The minimum absolute atomic E-state index is 0.194. The Kier molecular flexibility index (Phi) is 4.48. The van der Waals surface area contributed by atoms with Gasteiger partial charge in [0.25, 0.3) is 0 Å². The molecule has 4 heteroatoms. The van der Waals surface area contributed by atoms with E-state index in [1.807, 2.05) is 11.0 Å². The van der Waals surface area contributed by atoms with E-state index in [1.165, 1.54) is 22.2 Å². The molecule has 0 unspecified atom stereocenters. The average molecular weight is 300 g/mol. The van der Waals surface area contributed by atoms with Crippen LogP contribution in [0.2, 0.25) is 0 Å². The van der Waals surface area contributed by atoms with E-state index in [9.17, 15) is 4.79 Å². The number of carbonyl (C=O) groups excluding carboxylic acids is 1. The molecule has 0 saturated carbocycles. The van der Waals surface area contributed by atoms with Crippen LogP contribution in [0.1, 0.15) is 31.5 Å². The molecule has 1 N–H and O–H groups in total. The highest BCUT2D eigenvalue weighted by atomic mass is 16.5. The summed E-state index contributed by atoms with van der Waals surface area (Å²) in [6.45, 7) is 6.98. The van der Waals surface area contributed by atoms with Gasteiger partial charge in [-0.15, -0.1) is 0 Å². The Labute approximate surface area is 131 Å². The van der Waals surface area contributed by atoms with Crippen LogP contribution >= 0.6 is 0 Å². The topological polar surface area (TPSA) is 45.3 Å². The molecule has 118 valence electrons. The lowest BCUT2D eigenvalue weighted by Crippen LogP contribution is -2.36. The zero-order valence-electron chi connectivity index (χ0n) is 13.4. The number of H-pyrrole nitrogens is 1. The van der Waals surface area contributed by atoms with Gasteiger partial charge in [-0.05, 0) is 12.0 Å². The molecule has 0 saturated heterocycles. The van der Waals surface area contributed by atoms with Crippen LogP contribution in [0.3, 0.4) is 0 Å². The first-order valence-electron chi connectivity index (χ1n) is 8.09. The summed E-state index contributed by atoms with van der Waals surface area (Å²) in [7, 11) is 0. The van der Waals surface area contributed by atoms with Crippen molar-refractivity contribution in [2.45, 2.75) is 33.2 Å². The summed E-state index contributed by atoms with van der Waals surface area (Å²) in [6, 6.07) is 8.32. The van der Waals surface area contributed by atoms with Gasteiger partial charge in [0.1, 0.15) is 0 Å². The van der Waals surface area contributed by atoms with Crippen molar-refractivity contribution in [3.05, 3.63) is 35.5 Å². The third-order valence-corrected chi connectivity index (χ3v) is 4.15. The molecular weight excluding hydrogens is 276 g/mol. The lowest BCUT2D eigenvalue weighted by atomic mass is 10.0. The van der Waals surface area contributed by atoms with Crippen molar-refractivity contribution in [3.63, 3.8) is 0 Å². The van der Waals surface area contributed by atoms with E-state index in [2.05, 4.69) is 37.0 Å².